The molecule has 0 unspecified atom stereocenters. The monoisotopic (exact) mass is 676 g/mol. The van der Waals surface area contributed by atoms with Gasteiger partial charge in [-0.3, -0.25) is 0 Å². The van der Waals surface area contributed by atoms with Gasteiger partial charge >= 0.3 is 0 Å². The van der Waals surface area contributed by atoms with Crippen LogP contribution in [-0.2, 0) is 5.41 Å². The Balaban J connectivity index is 1.16. The van der Waals surface area contributed by atoms with Crippen LogP contribution in [0, 0.1) is 0 Å². The molecular formula is C50H32N2O. The first-order chi connectivity index (χ1) is 26.3. The molecule has 0 fully saturated rings. The lowest BCUT2D eigenvalue weighted by molar-refractivity contribution is 0.590. The van der Waals surface area contributed by atoms with Crippen LogP contribution in [0.1, 0.15) is 22.3 Å². The van der Waals surface area contributed by atoms with Gasteiger partial charge < -0.3 is 9.32 Å². The standard InChI is InChI=1S/C50H32N2O/c1-5-16-33(17-6-1)49-51-47-43-31-39(30-34-18-15-26-42(46(34)43)48(47)53-49)52(37-23-11-4-12-24-37)38-28-29-41-40-25-13-14-27-44(40)50(45(41)32-38,35-19-7-2-8-20-35)36-21-9-3-10-22-36/h1-32H. The second kappa shape index (κ2) is 11.5. The fraction of sp³-hybridized carbons (Fsp3) is 0.0200. The number of benzene rings is 8. The number of oxazole rings is 1. The van der Waals surface area contributed by atoms with Crippen LogP contribution in [-0.4, -0.2) is 4.98 Å². The highest BCUT2D eigenvalue weighted by atomic mass is 16.4. The Morgan fingerprint density at radius 1 is 0.434 bits per heavy atom. The number of hydrogen-bond donors (Lipinski definition) is 0. The summed E-state index contributed by atoms with van der Waals surface area (Å²) in [6.45, 7) is 0. The summed E-state index contributed by atoms with van der Waals surface area (Å²) in [5.74, 6) is 1.47. The van der Waals surface area contributed by atoms with Crippen LogP contribution < -0.4 is 4.90 Å². The van der Waals surface area contributed by atoms with Crippen molar-refractivity contribution in [1.29, 1.82) is 0 Å². The van der Waals surface area contributed by atoms with Crippen LogP contribution >= 0.6 is 0 Å². The van der Waals surface area contributed by atoms with Crippen molar-refractivity contribution in [2.45, 2.75) is 5.41 Å². The molecule has 1 heterocycles. The second-order valence-electron chi connectivity index (χ2n) is 13.9. The van der Waals surface area contributed by atoms with Crippen molar-refractivity contribution >= 4 is 27.8 Å². The summed E-state index contributed by atoms with van der Waals surface area (Å²) in [6, 6.07) is 69.9. The van der Waals surface area contributed by atoms with Gasteiger partial charge in [0.15, 0.2) is 5.76 Å². The molecule has 3 heteroatoms. The van der Waals surface area contributed by atoms with Crippen molar-refractivity contribution in [2.24, 2.45) is 0 Å². The van der Waals surface area contributed by atoms with E-state index in [1.54, 1.807) is 0 Å². The normalized spacial score (nSPS) is 13.1. The summed E-state index contributed by atoms with van der Waals surface area (Å²) in [7, 11) is 0. The fourth-order valence-corrected chi connectivity index (χ4v) is 8.90. The number of anilines is 3. The van der Waals surface area contributed by atoms with Crippen molar-refractivity contribution in [3.05, 3.63) is 216 Å². The molecule has 0 amide bonds. The van der Waals surface area contributed by atoms with Crippen molar-refractivity contribution < 1.29 is 4.42 Å². The third-order valence-electron chi connectivity index (χ3n) is 11.1. The minimum absolute atomic E-state index is 0.497. The number of fused-ring (bicyclic) bond motifs is 6. The van der Waals surface area contributed by atoms with Gasteiger partial charge in [-0.15, -0.1) is 0 Å². The lowest BCUT2D eigenvalue weighted by Gasteiger charge is -2.35. The average Bonchev–Trinajstić information content (AvgIpc) is 3.89. The first kappa shape index (κ1) is 29.7. The minimum Gasteiger partial charge on any atom is -0.435 e. The van der Waals surface area contributed by atoms with Gasteiger partial charge in [-0.2, -0.15) is 0 Å². The quantitative estimate of drug-likeness (QED) is 0.176. The summed E-state index contributed by atoms with van der Waals surface area (Å²) < 4.78 is 6.52. The van der Waals surface area contributed by atoms with Crippen LogP contribution in [0.5, 0.6) is 0 Å². The largest absolute Gasteiger partial charge is 0.435 e. The molecule has 9 aromatic rings. The predicted molar refractivity (Wildman–Crippen MR) is 216 cm³/mol. The lowest BCUT2D eigenvalue weighted by atomic mass is 9.67. The van der Waals surface area contributed by atoms with Crippen molar-refractivity contribution in [3.8, 4) is 45.2 Å². The molecule has 0 spiro atoms. The topological polar surface area (TPSA) is 29.3 Å². The van der Waals surface area contributed by atoms with Crippen LogP contribution in [0.25, 0.3) is 55.9 Å². The Morgan fingerprint density at radius 2 is 1.06 bits per heavy atom. The highest BCUT2D eigenvalue weighted by Crippen LogP contribution is 2.58. The van der Waals surface area contributed by atoms with E-state index < -0.39 is 5.41 Å². The Labute approximate surface area is 308 Å². The van der Waals surface area contributed by atoms with E-state index in [1.165, 1.54) is 38.8 Å². The summed E-state index contributed by atoms with van der Waals surface area (Å²) in [5, 5.41) is 2.34. The molecule has 1 aromatic heterocycles. The summed E-state index contributed by atoms with van der Waals surface area (Å²) >= 11 is 0. The second-order valence-corrected chi connectivity index (χ2v) is 13.9. The molecule has 2 aliphatic carbocycles. The van der Waals surface area contributed by atoms with E-state index >= 15 is 0 Å². The lowest BCUT2D eigenvalue weighted by Crippen LogP contribution is -2.28. The van der Waals surface area contributed by atoms with Gasteiger partial charge in [-0.25, -0.2) is 4.98 Å². The number of rotatable bonds is 6. The van der Waals surface area contributed by atoms with E-state index in [9.17, 15) is 0 Å². The van der Waals surface area contributed by atoms with Gasteiger partial charge in [0, 0.05) is 39.1 Å². The zero-order valence-electron chi connectivity index (χ0n) is 28.8. The van der Waals surface area contributed by atoms with E-state index in [2.05, 4.69) is 169 Å². The highest BCUT2D eigenvalue weighted by Gasteiger charge is 2.46. The zero-order chi connectivity index (χ0) is 34.9. The maximum Gasteiger partial charge on any atom is 0.227 e. The Bertz CT molecular complexity index is 2780. The van der Waals surface area contributed by atoms with Crippen molar-refractivity contribution in [1.82, 2.24) is 4.98 Å². The predicted octanol–water partition coefficient (Wildman–Crippen LogP) is 13.0. The smallest absolute Gasteiger partial charge is 0.227 e. The van der Waals surface area contributed by atoms with Crippen molar-refractivity contribution in [2.75, 3.05) is 4.90 Å². The molecule has 0 saturated carbocycles. The summed E-state index contributed by atoms with van der Waals surface area (Å²) in [5.41, 5.74) is 14.4. The average molecular weight is 677 g/mol. The molecule has 0 N–H and O–H groups in total. The highest BCUT2D eigenvalue weighted by molar-refractivity contribution is 6.15. The maximum absolute atomic E-state index is 6.52. The van der Waals surface area contributed by atoms with Crippen molar-refractivity contribution in [3.63, 3.8) is 0 Å². The molecule has 0 aliphatic heterocycles. The third kappa shape index (κ3) is 4.31. The fourth-order valence-electron chi connectivity index (χ4n) is 8.90. The molecule has 0 bridgehead atoms. The van der Waals surface area contributed by atoms with Crippen LogP contribution in [0.15, 0.2) is 199 Å². The van der Waals surface area contributed by atoms with Crippen LogP contribution in [0.4, 0.5) is 17.1 Å². The minimum atomic E-state index is -0.497. The molecule has 248 valence electrons. The van der Waals surface area contributed by atoms with Gasteiger partial charge in [-0.1, -0.05) is 146 Å². The van der Waals surface area contributed by atoms with Crippen LogP contribution in [0.3, 0.4) is 0 Å². The molecule has 3 nitrogen and oxygen atoms in total. The Hall–Kier alpha value is -6.97. The number of aromatic nitrogens is 1. The van der Waals surface area contributed by atoms with E-state index in [-0.39, 0.29) is 0 Å². The summed E-state index contributed by atoms with van der Waals surface area (Å²) in [4.78, 5) is 7.51. The Morgan fingerprint density at radius 3 is 1.79 bits per heavy atom. The van der Waals surface area contributed by atoms with Gasteiger partial charge in [0.25, 0.3) is 0 Å². The third-order valence-corrected chi connectivity index (χ3v) is 11.1. The molecule has 0 atom stereocenters. The first-order valence-corrected chi connectivity index (χ1v) is 18.1. The molecule has 0 radical (unpaired) electrons. The van der Waals surface area contributed by atoms with Gasteiger partial charge in [0.2, 0.25) is 5.89 Å². The number of hydrogen-bond acceptors (Lipinski definition) is 3. The molecular weight excluding hydrogens is 645 g/mol. The van der Waals surface area contributed by atoms with Gasteiger partial charge in [-0.05, 0) is 87.3 Å². The van der Waals surface area contributed by atoms with E-state index in [1.807, 2.05) is 30.3 Å². The number of nitrogens with zero attached hydrogens (tertiary/aromatic N) is 2. The van der Waals surface area contributed by atoms with Gasteiger partial charge in [0.1, 0.15) is 5.69 Å². The summed E-state index contributed by atoms with van der Waals surface area (Å²) in [6.07, 6.45) is 0. The molecule has 2 aliphatic rings. The molecule has 8 aromatic carbocycles. The Kier molecular flexibility index (Phi) is 6.47. The first-order valence-electron chi connectivity index (χ1n) is 18.1. The molecule has 11 rings (SSSR count). The van der Waals surface area contributed by atoms with Crippen LogP contribution in [0.2, 0.25) is 0 Å². The van der Waals surface area contributed by atoms with E-state index in [0.717, 1.165) is 50.6 Å². The zero-order valence-corrected chi connectivity index (χ0v) is 28.8. The van der Waals surface area contributed by atoms with E-state index in [4.69, 9.17) is 9.40 Å². The maximum atomic E-state index is 6.52. The number of para-hydroxylation sites is 1. The SMILES string of the molecule is c1ccc(-c2nc3c(o2)-c2cccc4cc(N(c5ccccc5)c5ccc6c(c5)C(c5ccccc5)(c5ccccc5)c5ccccc5-6)cc-3c24)cc1. The molecule has 53 heavy (non-hydrogen) atoms. The molecule has 0 saturated heterocycles. The van der Waals surface area contributed by atoms with Gasteiger partial charge in [0.05, 0.1) is 5.41 Å². The van der Waals surface area contributed by atoms with E-state index in [0.29, 0.717) is 5.89 Å².